The first kappa shape index (κ1) is 12.4. The summed E-state index contributed by atoms with van der Waals surface area (Å²) in [5.74, 6) is 5.95. The Balaban J connectivity index is 2.54. The summed E-state index contributed by atoms with van der Waals surface area (Å²) in [6.45, 7) is 7.65. The van der Waals surface area contributed by atoms with Gasteiger partial charge in [-0.1, -0.05) is 25.2 Å². The number of hydrogen-bond acceptors (Lipinski definition) is 5. The molecule has 1 rings (SSSR count). The first-order valence-corrected chi connectivity index (χ1v) is 5.97. The van der Waals surface area contributed by atoms with Gasteiger partial charge in [0.05, 0.1) is 0 Å². The van der Waals surface area contributed by atoms with E-state index in [-0.39, 0.29) is 0 Å². The monoisotopic (exact) mass is 228 g/mol. The van der Waals surface area contributed by atoms with Crippen molar-refractivity contribution in [2.45, 2.75) is 33.4 Å². The molecule has 0 aliphatic heterocycles. The number of anilines is 1. The van der Waals surface area contributed by atoms with E-state index in [0.717, 1.165) is 11.7 Å². The number of aromatic nitrogens is 1. The summed E-state index contributed by atoms with van der Waals surface area (Å²) < 4.78 is 0. The lowest BCUT2D eigenvalue weighted by atomic mass is 10.1. The first-order valence-electron chi connectivity index (χ1n) is 5.16. The van der Waals surface area contributed by atoms with Gasteiger partial charge in [0, 0.05) is 23.7 Å². The number of nitrogens with one attached hydrogen (secondary N) is 1. The maximum Gasteiger partial charge on any atom is 0.197 e. The molecule has 5 heteroatoms. The summed E-state index contributed by atoms with van der Waals surface area (Å²) in [7, 11) is 2.14. The van der Waals surface area contributed by atoms with Crippen LogP contribution in [0, 0.1) is 5.92 Å². The molecule has 1 heterocycles. The van der Waals surface area contributed by atoms with E-state index in [2.05, 4.69) is 43.1 Å². The molecule has 0 fully saturated rings. The molecule has 0 saturated heterocycles. The Morgan fingerprint density at radius 1 is 1.53 bits per heavy atom. The summed E-state index contributed by atoms with van der Waals surface area (Å²) in [5, 5.41) is 0.774. The molecule has 0 aliphatic carbocycles. The minimum absolute atomic E-state index is 0.571. The smallest absolute Gasteiger partial charge is 0.197 e. The average Bonchev–Trinajstić information content (AvgIpc) is 2.64. The average molecular weight is 228 g/mol. The fourth-order valence-corrected chi connectivity index (χ4v) is 2.13. The molecule has 3 N–H and O–H groups in total. The van der Waals surface area contributed by atoms with Gasteiger partial charge in [0.25, 0.3) is 0 Å². The molecule has 0 saturated carbocycles. The summed E-state index contributed by atoms with van der Waals surface area (Å²) >= 11 is 1.60. The highest BCUT2D eigenvalue weighted by atomic mass is 32.1. The van der Waals surface area contributed by atoms with Gasteiger partial charge in [0.15, 0.2) is 5.13 Å². The van der Waals surface area contributed by atoms with Gasteiger partial charge in [0.1, 0.15) is 0 Å². The van der Waals surface area contributed by atoms with Crippen molar-refractivity contribution in [2.75, 3.05) is 12.5 Å². The van der Waals surface area contributed by atoms with Gasteiger partial charge < -0.3 is 0 Å². The molecule has 0 spiro atoms. The van der Waals surface area contributed by atoms with Crippen molar-refractivity contribution < 1.29 is 0 Å². The topological polar surface area (TPSA) is 54.2 Å². The van der Waals surface area contributed by atoms with Crippen LogP contribution in [0.5, 0.6) is 0 Å². The van der Waals surface area contributed by atoms with Crippen molar-refractivity contribution in [1.29, 1.82) is 0 Å². The first-order chi connectivity index (χ1) is 7.04. The Hall–Kier alpha value is -0.650. The lowest BCUT2D eigenvalue weighted by Crippen LogP contribution is -2.32. The quantitative estimate of drug-likeness (QED) is 0.597. The maximum atomic E-state index is 5.29. The second-order valence-corrected chi connectivity index (χ2v) is 5.29. The van der Waals surface area contributed by atoms with Crippen LogP contribution >= 0.6 is 11.3 Å². The van der Waals surface area contributed by atoms with Crippen molar-refractivity contribution in [3.05, 3.63) is 11.1 Å². The van der Waals surface area contributed by atoms with Crippen molar-refractivity contribution in [3.8, 4) is 0 Å². The van der Waals surface area contributed by atoms with Crippen molar-refractivity contribution >= 4 is 16.5 Å². The van der Waals surface area contributed by atoms with Gasteiger partial charge in [-0.25, -0.2) is 10.8 Å². The third-order valence-corrected chi connectivity index (χ3v) is 3.66. The second-order valence-electron chi connectivity index (χ2n) is 4.18. The van der Waals surface area contributed by atoms with E-state index in [4.69, 9.17) is 5.84 Å². The van der Waals surface area contributed by atoms with Crippen molar-refractivity contribution in [3.63, 3.8) is 0 Å². The van der Waals surface area contributed by atoms with E-state index in [0.29, 0.717) is 12.0 Å². The van der Waals surface area contributed by atoms with E-state index in [1.54, 1.807) is 11.3 Å². The predicted molar refractivity (Wildman–Crippen MR) is 65.7 cm³/mol. The predicted octanol–water partition coefficient (Wildman–Crippen LogP) is 1.90. The maximum absolute atomic E-state index is 5.29. The number of nitrogens with two attached hydrogens (primary N) is 1. The van der Waals surface area contributed by atoms with Crippen LogP contribution in [0.1, 0.15) is 25.6 Å². The highest BCUT2D eigenvalue weighted by Crippen LogP contribution is 2.20. The van der Waals surface area contributed by atoms with E-state index >= 15 is 0 Å². The van der Waals surface area contributed by atoms with Gasteiger partial charge in [-0.2, -0.15) is 0 Å². The Kier molecular flexibility index (Phi) is 4.50. The van der Waals surface area contributed by atoms with Gasteiger partial charge in [-0.3, -0.25) is 10.3 Å². The fourth-order valence-electron chi connectivity index (χ4n) is 1.35. The summed E-state index contributed by atoms with van der Waals surface area (Å²) in [4.78, 5) is 7.71. The van der Waals surface area contributed by atoms with E-state index in [1.165, 1.54) is 4.88 Å². The third-order valence-electron chi connectivity index (χ3n) is 2.74. The molecule has 0 radical (unpaired) electrons. The normalized spacial score (nSPS) is 13.5. The zero-order valence-corrected chi connectivity index (χ0v) is 10.6. The molecule has 1 aromatic rings. The van der Waals surface area contributed by atoms with Crippen LogP contribution in [0.4, 0.5) is 5.13 Å². The zero-order valence-electron chi connectivity index (χ0n) is 9.82. The number of hydrazine groups is 1. The minimum Gasteiger partial charge on any atom is -0.300 e. The fraction of sp³-hybridized carbons (Fsp3) is 0.700. The summed E-state index contributed by atoms with van der Waals surface area (Å²) in [6.07, 6.45) is 1.88. The molecular formula is C10H20N4S. The third kappa shape index (κ3) is 3.44. The summed E-state index contributed by atoms with van der Waals surface area (Å²) in [6, 6.07) is 0.571. The Morgan fingerprint density at radius 2 is 2.20 bits per heavy atom. The van der Waals surface area contributed by atoms with Gasteiger partial charge >= 0.3 is 0 Å². The second kappa shape index (κ2) is 5.44. The molecule has 4 nitrogen and oxygen atoms in total. The number of thiazole rings is 1. The van der Waals surface area contributed by atoms with Gasteiger partial charge in [0.2, 0.25) is 0 Å². The molecule has 1 unspecified atom stereocenters. The molecule has 86 valence electrons. The molecule has 0 amide bonds. The van der Waals surface area contributed by atoms with Crippen molar-refractivity contribution in [1.82, 2.24) is 9.88 Å². The van der Waals surface area contributed by atoms with Gasteiger partial charge in [-0.05, 0) is 19.9 Å². The lowest BCUT2D eigenvalue weighted by molar-refractivity contribution is 0.202. The number of rotatable bonds is 5. The van der Waals surface area contributed by atoms with E-state index in [1.807, 2.05) is 6.20 Å². The minimum atomic E-state index is 0.571. The molecule has 1 atom stereocenters. The molecule has 0 bridgehead atoms. The van der Waals surface area contributed by atoms with Crippen LogP contribution in [-0.2, 0) is 6.54 Å². The van der Waals surface area contributed by atoms with E-state index < -0.39 is 0 Å². The van der Waals surface area contributed by atoms with Crippen LogP contribution in [-0.4, -0.2) is 23.0 Å². The molecule has 1 aromatic heterocycles. The van der Waals surface area contributed by atoms with Crippen LogP contribution in [0.15, 0.2) is 6.20 Å². The molecule has 0 aromatic carbocycles. The van der Waals surface area contributed by atoms with Gasteiger partial charge in [-0.15, -0.1) is 0 Å². The Labute approximate surface area is 95.5 Å². The zero-order chi connectivity index (χ0) is 11.4. The van der Waals surface area contributed by atoms with E-state index in [9.17, 15) is 0 Å². The Bertz CT molecular complexity index is 297. The molecule has 0 aliphatic rings. The Morgan fingerprint density at radius 3 is 2.67 bits per heavy atom. The van der Waals surface area contributed by atoms with Crippen LogP contribution in [0.2, 0.25) is 0 Å². The largest absolute Gasteiger partial charge is 0.300 e. The number of hydrogen-bond donors (Lipinski definition) is 2. The standard InChI is InChI=1S/C10H20N4S/c1-7(2)8(3)14(4)6-9-5-12-10(13-11)15-9/h5,7-8H,6,11H2,1-4H3,(H,12,13). The highest BCUT2D eigenvalue weighted by Gasteiger charge is 2.14. The van der Waals surface area contributed by atoms with Crippen LogP contribution in [0.25, 0.3) is 0 Å². The number of nitrogens with zero attached hydrogens (tertiary/aromatic N) is 2. The number of nitrogen functional groups attached to an aromatic ring is 1. The van der Waals surface area contributed by atoms with Crippen LogP contribution < -0.4 is 11.3 Å². The van der Waals surface area contributed by atoms with Crippen molar-refractivity contribution in [2.24, 2.45) is 11.8 Å². The lowest BCUT2D eigenvalue weighted by Gasteiger charge is -2.27. The summed E-state index contributed by atoms with van der Waals surface area (Å²) in [5.41, 5.74) is 2.56. The highest BCUT2D eigenvalue weighted by molar-refractivity contribution is 7.15. The SMILES string of the molecule is CC(C)C(C)N(C)Cc1cnc(NN)s1. The molecule has 15 heavy (non-hydrogen) atoms. The van der Waals surface area contributed by atoms with Crippen LogP contribution in [0.3, 0.4) is 0 Å². The molecular weight excluding hydrogens is 208 g/mol.